The third kappa shape index (κ3) is 1.59. The number of methoxy groups -OCH3 is 1. The van der Waals surface area contributed by atoms with E-state index in [4.69, 9.17) is 9.84 Å². The summed E-state index contributed by atoms with van der Waals surface area (Å²) in [4.78, 5) is 18.9. The molecule has 2 rings (SSSR count). The fourth-order valence-corrected chi connectivity index (χ4v) is 1.32. The number of carboxylic acid groups (broad SMARTS) is 1. The molecule has 76 valence electrons. The van der Waals surface area contributed by atoms with E-state index >= 15 is 0 Å². The molecule has 1 aromatic carbocycles. The molecular weight excluding hydrogens is 196 g/mol. The molecule has 0 spiro atoms. The molecule has 0 aliphatic rings. The number of aromatic nitrogens is 2. The highest BCUT2D eigenvalue weighted by Crippen LogP contribution is 2.23. The van der Waals surface area contributed by atoms with Crippen LogP contribution in [0.4, 0.5) is 0 Å². The van der Waals surface area contributed by atoms with Crippen LogP contribution in [0.1, 0.15) is 10.4 Å². The molecule has 0 aliphatic heterocycles. The Balaban J connectivity index is 2.77. The monoisotopic (exact) mass is 204 g/mol. The number of ether oxygens (including phenoxy) is 1. The van der Waals surface area contributed by atoms with Crippen LogP contribution in [-0.2, 0) is 0 Å². The number of carbonyl (C=O) groups is 1. The van der Waals surface area contributed by atoms with E-state index in [0.29, 0.717) is 16.8 Å². The predicted molar refractivity (Wildman–Crippen MR) is 53.0 cm³/mol. The van der Waals surface area contributed by atoms with E-state index in [1.54, 1.807) is 0 Å². The Morgan fingerprint density at radius 3 is 2.73 bits per heavy atom. The normalized spacial score (nSPS) is 10.2. The Hall–Kier alpha value is -2.17. The highest BCUT2D eigenvalue weighted by Gasteiger charge is 2.10. The maximum atomic E-state index is 10.8. The lowest BCUT2D eigenvalue weighted by Crippen LogP contribution is -1.99. The minimum atomic E-state index is -1.01. The van der Waals surface area contributed by atoms with E-state index in [-0.39, 0.29) is 5.56 Å². The summed E-state index contributed by atoms with van der Waals surface area (Å²) in [5.74, 6) is -0.598. The van der Waals surface area contributed by atoms with Gasteiger partial charge in [0, 0.05) is 12.4 Å². The molecule has 5 heteroatoms. The average molecular weight is 204 g/mol. The number of nitrogens with zero attached hydrogens (tertiary/aromatic N) is 2. The number of carboxylic acids is 1. The van der Waals surface area contributed by atoms with Crippen LogP contribution in [0.2, 0.25) is 0 Å². The number of aromatic carboxylic acids is 1. The van der Waals surface area contributed by atoms with Crippen molar-refractivity contribution in [2.75, 3.05) is 7.11 Å². The molecule has 0 saturated carbocycles. The summed E-state index contributed by atoms with van der Waals surface area (Å²) in [6.45, 7) is 0. The van der Waals surface area contributed by atoms with E-state index in [9.17, 15) is 4.79 Å². The van der Waals surface area contributed by atoms with Crippen molar-refractivity contribution >= 4 is 17.0 Å². The molecule has 0 saturated heterocycles. The summed E-state index contributed by atoms with van der Waals surface area (Å²) in [5.41, 5.74) is 1.21. The molecule has 1 aromatic heterocycles. The second kappa shape index (κ2) is 3.53. The maximum Gasteiger partial charge on any atom is 0.335 e. The zero-order chi connectivity index (χ0) is 10.8. The molecule has 0 amide bonds. The number of hydrogen-bond acceptors (Lipinski definition) is 4. The zero-order valence-corrected chi connectivity index (χ0v) is 7.97. The summed E-state index contributed by atoms with van der Waals surface area (Å²) in [6.07, 6.45) is 3.04. The van der Waals surface area contributed by atoms with Gasteiger partial charge in [-0.1, -0.05) is 0 Å². The second-order valence-electron chi connectivity index (χ2n) is 2.91. The molecule has 0 atom stereocenters. The molecule has 0 unspecified atom stereocenters. The molecule has 1 N–H and O–H groups in total. The van der Waals surface area contributed by atoms with E-state index < -0.39 is 5.97 Å². The fraction of sp³-hybridized carbons (Fsp3) is 0.100. The molecule has 2 aromatic rings. The Bertz CT molecular complexity index is 525. The van der Waals surface area contributed by atoms with Crippen LogP contribution < -0.4 is 4.74 Å². The Labute approximate surface area is 85.4 Å². The summed E-state index contributed by atoms with van der Waals surface area (Å²) in [5, 5.41) is 8.86. The maximum absolute atomic E-state index is 10.8. The van der Waals surface area contributed by atoms with E-state index in [2.05, 4.69) is 9.97 Å². The van der Waals surface area contributed by atoms with Crippen LogP contribution in [-0.4, -0.2) is 28.2 Å². The smallest absolute Gasteiger partial charge is 0.335 e. The van der Waals surface area contributed by atoms with Crippen LogP contribution in [0.25, 0.3) is 11.0 Å². The highest BCUT2D eigenvalue weighted by atomic mass is 16.5. The van der Waals surface area contributed by atoms with Crippen LogP contribution >= 0.6 is 0 Å². The number of hydrogen-bond donors (Lipinski definition) is 1. The molecule has 15 heavy (non-hydrogen) atoms. The average Bonchev–Trinajstić information content (AvgIpc) is 2.27. The van der Waals surface area contributed by atoms with Crippen molar-refractivity contribution in [3.05, 3.63) is 30.1 Å². The van der Waals surface area contributed by atoms with Gasteiger partial charge in [-0.15, -0.1) is 0 Å². The Kier molecular flexibility index (Phi) is 2.21. The minimum absolute atomic E-state index is 0.139. The van der Waals surface area contributed by atoms with Gasteiger partial charge in [0.25, 0.3) is 0 Å². The molecular formula is C10H8N2O3. The van der Waals surface area contributed by atoms with Crippen molar-refractivity contribution < 1.29 is 14.6 Å². The van der Waals surface area contributed by atoms with Gasteiger partial charge < -0.3 is 9.84 Å². The highest BCUT2D eigenvalue weighted by molar-refractivity contribution is 5.94. The quantitative estimate of drug-likeness (QED) is 0.799. The third-order valence-corrected chi connectivity index (χ3v) is 2.01. The van der Waals surface area contributed by atoms with Crippen molar-refractivity contribution in [3.63, 3.8) is 0 Å². The van der Waals surface area contributed by atoms with Crippen LogP contribution in [0.5, 0.6) is 5.75 Å². The van der Waals surface area contributed by atoms with Gasteiger partial charge in [0.2, 0.25) is 0 Å². The van der Waals surface area contributed by atoms with Gasteiger partial charge in [-0.3, -0.25) is 4.98 Å². The van der Waals surface area contributed by atoms with E-state index in [1.165, 1.54) is 31.6 Å². The molecule has 1 heterocycles. The second-order valence-corrected chi connectivity index (χ2v) is 2.91. The molecule has 0 radical (unpaired) electrons. The Morgan fingerprint density at radius 2 is 2.07 bits per heavy atom. The summed E-state index contributed by atoms with van der Waals surface area (Å²) in [7, 11) is 1.47. The molecule has 0 bridgehead atoms. The molecule has 5 nitrogen and oxygen atoms in total. The van der Waals surface area contributed by atoms with Gasteiger partial charge in [0.1, 0.15) is 11.3 Å². The van der Waals surface area contributed by atoms with Crippen LogP contribution in [0.3, 0.4) is 0 Å². The van der Waals surface area contributed by atoms with Gasteiger partial charge in [0.15, 0.2) is 0 Å². The summed E-state index contributed by atoms with van der Waals surface area (Å²) < 4.78 is 5.05. The van der Waals surface area contributed by atoms with Gasteiger partial charge in [0.05, 0.1) is 18.2 Å². The molecule has 0 aliphatic carbocycles. The summed E-state index contributed by atoms with van der Waals surface area (Å²) >= 11 is 0. The first-order chi connectivity index (χ1) is 7.22. The largest absolute Gasteiger partial charge is 0.494 e. The summed E-state index contributed by atoms with van der Waals surface area (Å²) in [6, 6.07) is 2.90. The fourth-order valence-electron chi connectivity index (χ4n) is 1.32. The zero-order valence-electron chi connectivity index (χ0n) is 7.97. The minimum Gasteiger partial charge on any atom is -0.494 e. The van der Waals surface area contributed by atoms with Crippen molar-refractivity contribution in [2.24, 2.45) is 0 Å². The van der Waals surface area contributed by atoms with E-state index in [1.807, 2.05) is 0 Å². The lowest BCUT2D eigenvalue weighted by molar-refractivity contribution is 0.0696. The van der Waals surface area contributed by atoms with Crippen molar-refractivity contribution in [1.82, 2.24) is 9.97 Å². The van der Waals surface area contributed by atoms with Gasteiger partial charge in [-0.2, -0.15) is 0 Å². The number of benzene rings is 1. The number of rotatable bonds is 2. The van der Waals surface area contributed by atoms with Crippen molar-refractivity contribution in [3.8, 4) is 5.75 Å². The Morgan fingerprint density at radius 1 is 1.33 bits per heavy atom. The van der Waals surface area contributed by atoms with Gasteiger partial charge >= 0.3 is 5.97 Å². The van der Waals surface area contributed by atoms with Crippen molar-refractivity contribution in [1.29, 1.82) is 0 Å². The van der Waals surface area contributed by atoms with Gasteiger partial charge in [-0.25, -0.2) is 9.78 Å². The topological polar surface area (TPSA) is 72.3 Å². The molecule has 0 fully saturated rings. The first kappa shape index (κ1) is 9.39. The van der Waals surface area contributed by atoms with Gasteiger partial charge in [-0.05, 0) is 12.1 Å². The third-order valence-electron chi connectivity index (χ3n) is 2.01. The number of fused-ring (bicyclic) bond motifs is 1. The van der Waals surface area contributed by atoms with Crippen LogP contribution in [0.15, 0.2) is 24.5 Å². The SMILES string of the molecule is COc1cc(C(=O)O)cc2nccnc12. The van der Waals surface area contributed by atoms with E-state index in [0.717, 1.165) is 0 Å². The predicted octanol–water partition coefficient (Wildman–Crippen LogP) is 1.34. The van der Waals surface area contributed by atoms with Crippen LogP contribution in [0, 0.1) is 0 Å². The lowest BCUT2D eigenvalue weighted by atomic mass is 10.2. The first-order valence-corrected chi connectivity index (χ1v) is 4.24. The lowest BCUT2D eigenvalue weighted by Gasteiger charge is -2.04. The van der Waals surface area contributed by atoms with Crippen molar-refractivity contribution in [2.45, 2.75) is 0 Å². The standard InChI is InChI=1S/C10H8N2O3/c1-15-8-5-6(10(13)14)4-7-9(8)12-3-2-11-7/h2-5H,1H3,(H,13,14). The first-order valence-electron chi connectivity index (χ1n) is 4.24.